The second kappa shape index (κ2) is 6.10. The van der Waals surface area contributed by atoms with E-state index >= 15 is 0 Å². The van der Waals surface area contributed by atoms with Crippen molar-refractivity contribution in [3.63, 3.8) is 0 Å². The number of hydrogen-bond acceptors (Lipinski definition) is 5. The van der Waals surface area contributed by atoms with Gasteiger partial charge in [0.05, 0.1) is 12.8 Å². The lowest BCUT2D eigenvalue weighted by atomic mass is 10.2. The van der Waals surface area contributed by atoms with Crippen LogP contribution in [0.15, 0.2) is 17.3 Å². The first-order valence-electron chi connectivity index (χ1n) is 5.18. The number of nitrogens with two attached hydrogens (primary N) is 1. The van der Waals surface area contributed by atoms with Gasteiger partial charge < -0.3 is 10.5 Å². The van der Waals surface area contributed by atoms with Crippen molar-refractivity contribution in [2.45, 2.75) is 17.4 Å². The first-order chi connectivity index (χ1) is 7.95. The minimum atomic E-state index is -3.48. The first kappa shape index (κ1) is 14.1. The summed E-state index contributed by atoms with van der Waals surface area (Å²) in [7, 11) is -0.264. The van der Waals surface area contributed by atoms with Gasteiger partial charge in [0.2, 0.25) is 10.0 Å². The van der Waals surface area contributed by atoms with Crippen molar-refractivity contribution in [3.8, 4) is 0 Å². The summed E-state index contributed by atoms with van der Waals surface area (Å²) in [6, 6.07) is -0.170. The van der Waals surface area contributed by atoms with Crippen LogP contribution in [0.25, 0.3) is 0 Å². The topological polar surface area (TPSA) is 99.2 Å². The highest BCUT2D eigenvalue weighted by Gasteiger charge is 2.15. The van der Waals surface area contributed by atoms with E-state index in [4.69, 9.17) is 10.5 Å². The van der Waals surface area contributed by atoms with Gasteiger partial charge in [-0.15, -0.1) is 0 Å². The summed E-state index contributed by atoms with van der Waals surface area (Å²) in [5.74, 6) is 0. The van der Waals surface area contributed by atoms with E-state index < -0.39 is 10.0 Å². The van der Waals surface area contributed by atoms with Crippen LogP contribution in [0.4, 0.5) is 0 Å². The standard InChI is InChI=1S/C9H18N4O3S/c1-13-6-9(5-11-13)17(14,15)12-4-3-8(10)7-16-2/h5-6,8,12H,3-4,7,10H2,1-2H3. The van der Waals surface area contributed by atoms with Crippen LogP contribution in [-0.2, 0) is 21.8 Å². The van der Waals surface area contributed by atoms with Crippen molar-refractivity contribution in [2.75, 3.05) is 20.3 Å². The van der Waals surface area contributed by atoms with Gasteiger partial charge in [0, 0.05) is 32.9 Å². The number of aromatic nitrogens is 2. The van der Waals surface area contributed by atoms with Gasteiger partial charge in [0.15, 0.2) is 0 Å². The Bertz CT molecular complexity index is 443. The fraction of sp³-hybridized carbons (Fsp3) is 0.667. The Kier molecular flexibility index (Phi) is 5.06. The second-order valence-electron chi connectivity index (χ2n) is 3.75. The molecule has 0 radical (unpaired) electrons. The van der Waals surface area contributed by atoms with E-state index in [1.54, 1.807) is 14.2 Å². The minimum Gasteiger partial charge on any atom is -0.383 e. The van der Waals surface area contributed by atoms with Crippen LogP contribution in [0.2, 0.25) is 0 Å². The Morgan fingerprint density at radius 2 is 2.35 bits per heavy atom. The van der Waals surface area contributed by atoms with Crippen molar-refractivity contribution in [1.29, 1.82) is 0 Å². The molecule has 7 nitrogen and oxygen atoms in total. The molecule has 1 aromatic rings. The number of ether oxygens (including phenoxy) is 1. The van der Waals surface area contributed by atoms with Crippen LogP contribution in [-0.4, -0.2) is 44.5 Å². The molecule has 0 fully saturated rings. The maximum atomic E-state index is 11.7. The van der Waals surface area contributed by atoms with E-state index in [0.717, 1.165) is 0 Å². The van der Waals surface area contributed by atoms with E-state index in [1.807, 2.05) is 0 Å². The lowest BCUT2D eigenvalue weighted by Crippen LogP contribution is -2.32. The number of nitrogens with zero attached hydrogens (tertiary/aromatic N) is 2. The van der Waals surface area contributed by atoms with E-state index in [1.165, 1.54) is 17.1 Å². The molecule has 17 heavy (non-hydrogen) atoms. The minimum absolute atomic E-state index is 0.153. The maximum Gasteiger partial charge on any atom is 0.243 e. The van der Waals surface area contributed by atoms with Crippen molar-refractivity contribution >= 4 is 10.0 Å². The van der Waals surface area contributed by atoms with Crippen molar-refractivity contribution < 1.29 is 13.2 Å². The zero-order chi connectivity index (χ0) is 12.9. The number of nitrogens with one attached hydrogen (secondary N) is 1. The van der Waals surface area contributed by atoms with Gasteiger partial charge in [-0.1, -0.05) is 0 Å². The molecule has 98 valence electrons. The van der Waals surface area contributed by atoms with Gasteiger partial charge in [0.25, 0.3) is 0 Å². The lowest BCUT2D eigenvalue weighted by Gasteiger charge is -2.10. The summed E-state index contributed by atoms with van der Waals surface area (Å²) in [6.07, 6.45) is 3.27. The Morgan fingerprint density at radius 1 is 1.65 bits per heavy atom. The smallest absolute Gasteiger partial charge is 0.243 e. The highest BCUT2D eigenvalue weighted by atomic mass is 32.2. The van der Waals surface area contributed by atoms with Crippen LogP contribution in [0.5, 0.6) is 0 Å². The molecule has 0 aliphatic heterocycles. The fourth-order valence-electron chi connectivity index (χ4n) is 1.30. The third kappa shape index (κ3) is 4.43. The average Bonchev–Trinajstić information content (AvgIpc) is 2.65. The molecule has 0 amide bonds. The number of hydrogen-bond donors (Lipinski definition) is 2. The second-order valence-corrected chi connectivity index (χ2v) is 5.52. The molecule has 0 spiro atoms. The number of methoxy groups -OCH3 is 1. The predicted molar refractivity (Wildman–Crippen MR) is 62.9 cm³/mol. The molecule has 1 heterocycles. The normalized spacial score (nSPS) is 13.8. The van der Waals surface area contributed by atoms with E-state index in [9.17, 15) is 8.42 Å². The van der Waals surface area contributed by atoms with Crippen LogP contribution >= 0.6 is 0 Å². The molecular weight excluding hydrogens is 244 g/mol. The molecule has 1 unspecified atom stereocenters. The molecule has 1 atom stereocenters. The van der Waals surface area contributed by atoms with Gasteiger partial charge in [-0.25, -0.2) is 13.1 Å². The number of aryl methyl sites for hydroxylation is 1. The molecule has 0 aliphatic carbocycles. The number of sulfonamides is 1. The third-order valence-corrected chi connectivity index (χ3v) is 3.60. The van der Waals surface area contributed by atoms with Crippen LogP contribution in [0.1, 0.15) is 6.42 Å². The van der Waals surface area contributed by atoms with E-state index in [0.29, 0.717) is 13.0 Å². The van der Waals surface area contributed by atoms with Gasteiger partial charge >= 0.3 is 0 Å². The number of rotatable bonds is 7. The third-order valence-electron chi connectivity index (χ3n) is 2.18. The summed E-state index contributed by atoms with van der Waals surface area (Å²) in [4.78, 5) is 0.153. The summed E-state index contributed by atoms with van der Waals surface area (Å²) < 4.78 is 32.3. The largest absolute Gasteiger partial charge is 0.383 e. The van der Waals surface area contributed by atoms with Crippen molar-refractivity contribution in [2.24, 2.45) is 12.8 Å². The van der Waals surface area contributed by atoms with Crippen molar-refractivity contribution in [1.82, 2.24) is 14.5 Å². The van der Waals surface area contributed by atoms with Gasteiger partial charge in [-0.05, 0) is 6.42 Å². The lowest BCUT2D eigenvalue weighted by molar-refractivity contribution is 0.177. The average molecular weight is 262 g/mol. The fourth-order valence-corrected chi connectivity index (χ4v) is 2.33. The Balaban J connectivity index is 2.46. The molecule has 0 saturated carbocycles. The molecular formula is C9H18N4O3S. The quantitative estimate of drug-likeness (QED) is 0.661. The Morgan fingerprint density at radius 3 is 2.88 bits per heavy atom. The molecule has 1 aromatic heterocycles. The summed E-state index contributed by atoms with van der Waals surface area (Å²) in [5.41, 5.74) is 5.68. The summed E-state index contributed by atoms with van der Waals surface area (Å²) in [6.45, 7) is 0.691. The Hall–Kier alpha value is -0.960. The van der Waals surface area contributed by atoms with Crippen LogP contribution < -0.4 is 10.5 Å². The zero-order valence-corrected chi connectivity index (χ0v) is 10.8. The van der Waals surface area contributed by atoms with Gasteiger partial charge in [-0.2, -0.15) is 5.10 Å². The molecule has 1 rings (SSSR count). The SMILES string of the molecule is COCC(N)CCNS(=O)(=O)c1cnn(C)c1. The highest BCUT2D eigenvalue weighted by molar-refractivity contribution is 7.89. The molecule has 8 heteroatoms. The molecule has 0 bridgehead atoms. The van der Waals surface area contributed by atoms with Crippen LogP contribution in [0, 0.1) is 0 Å². The van der Waals surface area contributed by atoms with E-state index in [2.05, 4.69) is 9.82 Å². The van der Waals surface area contributed by atoms with Gasteiger partial charge in [0.1, 0.15) is 4.90 Å². The zero-order valence-electron chi connectivity index (χ0n) is 9.96. The van der Waals surface area contributed by atoms with Crippen LogP contribution in [0.3, 0.4) is 0 Å². The molecule has 0 aliphatic rings. The highest BCUT2D eigenvalue weighted by Crippen LogP contribution is 2.05. The summed E-state index contributed by atoms with van der Waals surface area (Å²) in [5, 5.41) is 3.81. The molecule has 0 saturated heterocycles. The molecule has 3 N–H and O–H groups in total. The summed E-state index contributed by atoms with van der Waals surface area (Å²) >= 11 is 0. The maximum absolute atomic E-state index is 11.7. The van der Waals surface area contributed by atoms with Gasteiger partial charge in [-0.3, -0.25) is 4.68 Å². The first-order valence-corrected chi connectivity index (χ1v) is 6.67. The molecule has 0 aromatic carbocycles. The van der Waals surface area contributed by atoms with Crippen molar-refractivity contribution in [3.05, 3.63) is 12.4 Å². The monoisotopic (exact) mass is 262 g/mol. The predicted octanol–water partition coefficient (Wildman–Crippen LogP) is -0.938. The van der Waals surface area contributed by atoms with E-state index in [-0.39, 0.29) is 17.5 Å². The Labute approximate surface area is 101 Å².